The number of carbonyl (C=O) groups is 1. The summed E-state index contributed by atoms with van der Waals surface area (Å²) in [6.45, 7) is 2.65. The minimum absolute atomic E-state index is 0.00611. The van der Waals surface area contributed by atoms with Crippen LogP contribution in [0.25, 0.3) is 11.0 Å². The van der Waals surface area contributed by atoms with Gasteiger partial charge in [0.2, 0.25) is 5.91 Å². The van der Waals surface area contributed by atoms with E-state index in [2.05, 4.69) is 20.7 Å². The molecular formula is C18H20N4O2. The smallest absolute Gasteiger partial charge is 0.224 e. The average Bonchev–Trinajstić information content (AvgIpc) is 3.02. The van der Waals surface area contributed by atoms with E-state index in [-0.39, 0.29) is 5.91 Å². The van der Waals surface area contributed by atoms with E-state index in [4.69, 9.17) is 4.74 Å². The molecule has 0 saturated heterocycles. The number of aromatic amines is 1. The van der Waals surface area contributed by atoms with Crippen LogP contribution in [0.2, 0.25) is 0 Å². The molecule has 1 amide bonds. The monoisotopic (exact) mass is 324 g/mol. The van der Waals surface area contributed by atoms with E-state index < -0.39 is 0 Å². The van der Waals surface area contributed by atoms with Crippen LogP contribution < -0.4 is 10.1 Å². The SMILES string of the molecule is Cc1cccc(OCCCCC(=O)Nc2ccc3n[nH]nc3c2)c1. The van der Waals surface area contributed by atoms with Crippen molar-refractivity contribution in [2.75, 3.05) is 11.9 Å². The highest BCUT2D eigenvalue weighted by Crippen LogP contribution is 2.16. The van der Waals surface area contributed by atoms with Gasteiger partial charge in [-0.3, -0.25) is 4.79 Å². The molecule has 0 atom stereocenters. The van der Waals surface area contributed by atoms with Crippen molar-refractivity contribution < 1.29 is 9.53 Å². The van der Waals surface area contributed by atoms with Crippen molar-refractivity contribution in [3.8, 4) is 5.75 Å². The lowest BCUT2D eigenvalue weighted by Gasteiger charge is -2.07. The summed E-state index contributed by atoms with van der Waals surface area (Å²) in [4.78, 5) is 12.0. The average molecular weight is 324 g/mol. The fraction of sp³-hybridized carbons (Fsp3) is 0.278. The zero-order valence-electron chi connectivity index (χ0n) is 13.6. The summed E-state index contributed by atoms with van der Waals surface area (Å²) in [6.07, 6.45) is 2.08. The Bertz CT molecular complexity index is 829. The summed E-state index contributed by atoms with van der Waals surface area (Å²) in [5, 5.41) is 13.4. The number of ether oxygens (including phenoxy) is 1. The van der Waals surface area contributed by atoms with Crippen molar-refractivity contribution in [2.24, 2.45) is 0 Å². The van der Waals surface area contributed by atoms with E-state index >= 15 is 0 Å². The molecule has 6 nitrogen and oxygen atoms in total. The van der Waals surface area contributed by atoms with E-state index in [1.165, 1.54) is 5.56 Å². The van der Waals surface area contributed by atoms with Gasteiger partial charge in [0.1, 0.15) is 16.8 Å². The number of unbranched alkanes of at least 4 members (excludes halogenated alkanes) is 1. The van der Waals surface area contributed by atoms with Gasteiger partial charge in [-0.25, -0.2) is 0 Å². The summed E-state index contributed by atoms with van der Waals surface area (Å²) < 4.78 is 5.68. The Kier molecular flexibility index (Phi) is 5.05. The minimum Gasteiger partial charge on any atom is -0.494 e. The molecule has 0 radical (unpaired) electrons. The summed E-state index contributed by atoms with van der Waals surface area (Å²) in [7, 11) is 0. The van der Waals surface area contributed by atoms with E-state index in [0.717, 1.165) is 35.3 Å². The molecule has 2 N–H and O–H groups in total. The molecule has 6 heteroatoms. The Labute approximate surface area is 140 Å². The van der Waals surface area contributed by atoms with Gasteiger partial charge in [0.15, 0.2) is 0 Å². The maximum absolute atomic E-state index is 12.0. The van der Waals surface area contributed by atoms with Gasteiger partial charge in [-0.15, -0.1) is 0 Å². The lowest BCUT2D eigenvalue weighted by atomic mass is 10.2. The van der Waals surface area contributed by atoms with Crippen LogP contribution in [0, 0.1) is 6.92 Å². The third-order valence-corrected chi connectivity index (χ3v) is 3.66. The Morgan fingerprint density at radius 3 is 2.88 bits per heavy atom. The van der Waals surface area contributed by atoms with Crippen molar-refractivity contribution >= 4 is 22.6 Å². The zero-order chi connectivity index (χ0) is 16.8. The topological polar surface area (TPSA) is 79.9 Å². The van der Waals surface area contributed by atoms with Crippen LogP contribution in [-0.4, -0.2) is 27.9 Å². The molecule has 0 fully saturated rings. The molecule has 0 saturated carbocycles. The highest BCUT2D eigenvalue weighted by atomic mass is 16.5. The first-order valence-corrected chi connectivity index (χ1v) is 8.00. The number of H-pyrrole nitrogens is 1. The van der Waals surface area contributed by atoms with Crippen molar-refractivity contribution in [3.63, 3.8) is 0 Å². The van der Waals surface area contributed by atoms with Crippen molar-refractivity contribution in [1.29, 1.82) is 0 Å². The summed E-state index contributed by atoms with van der Waals surface area (Å²) >= 11 is 0. The van der Waals surface area contributed by atoms with E-state index in [1.807, 2.05) is 43.3 Å². The lowest BCUT2D eigenvalue weighted by Crippen LogP contribution is -2.11. The number of carbonyl (C=O) groups excluding carboxylic acids is 1. The molecule has 0 aliphatic carbocycles. The summed E-state index contributed by atoms with van der Waals surface area (Å²) in [6, 6.07) is 13.4. The number of nitrogens with zero attached hydrogens (tertiary/aromatic N) is 2. The molecule has 0 bridgehead atoms. The van der Waals surface area contributed by atoms with Crippen molar-refractivity contribution in [2.45, 2.75) is 26.2 Å². The number of nitrogens with one attached hydrogen (secondary N) is 2. The van der Waals surface area contributed by atoms with Crippen LogP contribution in [0.4, 0.5) is 5.69 Å². The summed E-state index contributed by atoms with van der Waals surface area (Å²) in [5.41, 5.74) is 3.43. The van der Waals surface area contributed by atoms with E-state index in [0.29, 0.717) is 13.0 Å². The molecule has 3 aromatic rings. The maximum Gasteiger partial charge on any atom is 0.224 e. The molecule has 1 heterocycles. The van der Waals surface area contributed by atoms with Crippen LogP contribution >= 0.6 is 0 Å². The Balaban J connectivity index is 1.38. The molecule has 0 aliphatic heterocycles. The Hall–Kier alpha value is -2.89. The standard InChI is InChI=1S/C18H20N4O2/c1-13-5-4-6-15(11-13)24-10-3-2-7-18(23)19-14-8-9-16-17(12-14)21-22-20-16/h4-6,8-9,11-12H,2-3,7,10H2,1H3,(H,19,23)(H,20,21,22). The zero-order valence-corrected chi connectivity index (χ0v) is 13.6. The normalized spacial score (nSPS) is 10.7. The fourth-order valence-electron chi connectivity index (χ4n) is 2.42. The highest BCUT2D eigenvalue weighted by Gasteiger charge is 2.05. The predicted octanol–water partition coefficient (Wildman–Crippen LogP) is 3.45. The van der Waals surface area contributed by atoms with Crippen molar-refractivity contribution in [3.05, 3.63) is 48.0 Å². The van der Waals surface area contributed by atoms with Crippen LogP contribution in [0.5, 0.6) is 5.75 Å². The number of aryl methyl sites for hydroxylation is 1. The van der Waals surface area contributed by atoms with Crippen molar-refractivity contribution in [1.82, 2.24) is 15.4 Å². The number of benzene rings is 2. The first-order chi connectivity index (χ1) is 11.7. The predicted molar refractivity (Wildman–Crippen MR) is 93.0 cm³/mol. The number of hydrogen-bond donors (Lipinski definition) is 2. The minimum atomic E-state index is -0.00611. The number of hydrogen-bond acceptors (Lipinski definition) is 4. The van der Waals surface area contributed by atoms with Crippen LogP contribution in [0.15, 0.2) is 42.5 Å². The first kappa shape index (κ1) is 16.0. The second-order valence-corrected chi connectivity index (χ2v) is 5.70. The second-order valence-electron chi connectivity index (χ2n) is 5.70. The van der Waals surface area contributed by atoms with E-state index in [1.54, 1.807) is 6.07 Å². The van der Waals surface area contributed by atoms with Crippen LogP contribution in [0.1, 0.15) is 24.8 Å². The number of aromatic nitrogens is 3. The van der Waals surface area contributed by atoms with Gasteiger partial charge in [0.05, 0.1) is 6.61 Å². The molecule has 3 rings (SSSR count). The second kappa shape index (κ2) is 7.59. The van der Waals surface area contributed by atoms with Gasteiger partial charge in [0.25, 0.3) is 0 Å². The number of rotatable bonds is 7. The largest absolute Gasteiger partial charge is 0.494 e. The van der Waals surface area contributed by atoms with E-state index in [9.17, 15) is 4.79 Å². The quantitative estimate of drug-likeness (QED) is 0.652. The van der Waals surface area contributed by atoms with Crippen LogP contribution in [0.3, 0.4) is 0 Å². The highest BCUT2D eigenvalue weighted by molar-refractivity contribution is 5.92. The molecule has 0 aliphatic rings. The molecule has 0 unspecified atom stereocenters. The Morgan fingerprint density at radius 1 is 1.12 bits per heavy atom. The molecular weight excluding hydrogens is 304 g/mol. The fourth-order valence-corrected chi connectivity index (χ4v) is 2.42. The number of amides is 1. The van der Waals surface area contributed by atoms with Gasteiger partial charge < -0.3 is 10.1 Å². The lowest BCUT2D eigenvalue weighted by molar-refractivity contribution is -0.116. The van der Waals surface area contributed by atoms with Gasteiger partial charge in [-0.05, 0) is 55.7 Å². The van der Waals surface area contributed by atoms with Gasteiger partial charge in [0, 0.05) is 12.1 Å². The summed E-state index contributed by atoms with van der Waals surface area (Å²) in [5.74, 6) is 0.869. The third-order valence-electron chi connectivity index (χ3n) is 3.66. The molecule has 124 valence electrons. The number of fused-ring (bicyclic) bond motifs is 1. The molecule has 24 heavy (non-hydrogen) atoms. The van der Waals surface area contributed by atoms with Gasteiger partial charge in [-0.2, -0.15) is 15.4 Å². The molecule has 2 aromatic carbocycles. The maximum atomic E-state index is 12.0. The Morgan fingerprint density at radius 2 is 2.00 bits per heavy atom. The third kappa shape index (κ3) is 4.32. The number of anilines is 1. The van der Waals surface area contributed by atoms with Gasteiger partial charge in [-0.1, -0.05) is 12.1 Å². The molecule has 0 spiro atoms. The van der Waals surface area contributed by atoms with Crippen LogP contribution in [-0.2, 0) is 4.79 Å². The first-order valence-electron chi connectivity index (χ1n) is 8.00. The molecule has 1 aromatic heterocycles. The van der Waals surface area contributed by atoms with Gasteiger partial charge >= 0.3 is 0 Å².